The van der Waals surface area contributed by atoms with Gasteiger partial charge < -0.3 is 5.32 Å². The highest BCUT2D eigenvalue weighted by atomic mass is 79.9. The largest absolute Gasteiger partial charge is 0.351 e. The van der Waals surface area contributed by atoms with E-state index < -0.39 is 5.91 Å². The number of carbonyl (C=O) groups excluding carboxylic acids is 2. The van der Waals surface area contributed by atoms with Crippen LogP contribution in [0.4, 0.5) is 5.69 Å². The van der Waals surface area contributed by atoms with Crippen molar-refractivity contribution < 1.29 is 9.59 Å². The summed E-state index contributed by atoms with van der Waals surface area (Å²) in [4.78, 5) is 27.1. The number of amides is 2. The standard InChI is InChI=1S/C22H20BrN3O2S/c1-2-19-21(28)26(17-10-8-16(23)9-11-17)22(29-19)18(14-24)20(27)25-13-12-15-6-4-3-5-7-15/h3-11,19H,2,12-13H2,1H3,(H,25,27)/b22-18-/t19-/m0/s1. The Labute approximate surface area is 182 Å². The first-order valence-corrected chi connectivity index (χ1v) is 10.9. The maximum absolute atomic E-state index is 12.9. The molecule has 2 aromatic rings. The summed E-state index contributed by atoms with van der Waals surface area (Å²) < 4.78 is 0.886. The van der Waals surface area contributed by atoms with Gasteiger partial charge in [0.05, 0.1) is 5.25 Å². The molecule has 0 unspecified atom stereocenters. The lowest BCUT2D eigenvalue weighted by Gasteiger charge is -2.18. The fraction of sp³-hybridized carbons (Fsp3) is 0.227. The predicted octanol–water partition coefficient (Wildman–Crippen LogP) is 4.40. The van der Waals surface area contributed by atoms with Crippen molar-refractivity contribution in [3.8, 4) is 6.07 Å². The van der Waals surface area contributed by atoms with E-state index in [1.54, 1.807) is 12.1 Å². The van der Waals surface area contributed by atoms with Crippen molar-refractivity contribution >= 4 is 45.2 Å². The summed E-state index contributed by atoms with van der Waals surface area (Å²) in [6.07, 6.45) is 1.29. The zero-order chi connectivity index (χ0) is 20.8. The minimum Gasteiger partial charge on any atom is -0.351 e. The highest BCUT2D eigenvalue weighted by Crippen LogP contribution is 2.41. The van der Waals surface area contributed by atoms with Crippen LogP contribution in [-0.4, -0.2) is 23.6 Å². The van der Waals surface area contributed by atoms with E-state index in [1.165, 1.54) is 16.7 Å². The minimum absolute atomic E-state index is 0.0321. The van der Waals surface area contributed by atoms with Gasteiger partial charge in [0, 0.05) is 16.7 Å². The lowest BCUT2D eigenvalue weighted by atomic mass is 10.1. The van der Waals surface area contributed by atoms with Gasteiger partial charge >= 0.3 is 0 Å². The summed E-state index contributed by atoms with van der Waals surface area (Å²) in [5, 5.41) is 12.6. The molecule has 0 radical (unpaired) electrons. The number of halogens is 1. The van der Waals surface area contributed by atoms with Gasteiger partial charge in [-0.05, 0) is 42.7 Å². The first-order valence-electron chi connectivity index (χ1n) is 9.27. The fourth-order valence-electron chi connectivity index (χ4n) is 2.99. The van der Waals surface area contributed by atoms with Gasteiger partial charge in [0.15, 0.2) is 0 Å². The van der Waals surface area contributed by atoms with Crippen LogP contribution in [0.25, 0.3) is 0 Å². The smallest absolute Gasteiger partial charge is 0.264 e. The topological polar surface area (TPSA) is 73.2 Å². The second-order valence-electron chi connectivity index (χ2n) is 6.45. The number of nitriles is 1. The molecule has 1 aliphatic rings. The van der Waals surface area contributed by atoms with Crippen LogP contribution in [-0.2, 0) is 16.0 Å². The second kappa shape index (κ2) is 9.77. The Bertz CT molecular complexity index is 968. The monoisotopic (exact) mass is 469 g/mol. The number of benzene rings is 2. The van der Waals surface area contributed by atoms with Crippen LogP contribution >= 0.6 is 27.7 Å². The van der Waals surface area contributed by atoms with Crippen LogP contribution in [0.1, 0.15) is 18.9 Å². The van der Waals surface area contributed by atoms with Crippen LogP contribution in [0.5, 0.6) is 0 Å². The molecule has 7 heteroatoms. The number of hydrogen-bond donors (Lipinski definition) is 1. The zero-order valence-electron chi connectivity index (χ0n) is 15.9. The quantitative estimate of drug-likeness (QED) is 0.502. The predicted molar refractivity (Wildman–Crippen MR) is 119 cm³/mol. The Morgan fingerprint density at radius 3 is 2.52 bits per heavy atom. The Morgan fingerprint density at radius 1 is 1.21 bits per heavy atom. The molecule has 0 bridgehead atoms. The molecule has 2 amide bonds. The van der Waals surface area contributed by atoms with Crippen LogP contribution in [0, 0.1) is 11.3 Å². The molecule has 1 aliphatic heterocycles. The molecule has 1 fully saturated rings. The Hall–Kier alpha value is -2.56. The van der Waals surface area contributed by atoms with Gasteiger partial charge in [0.25, 0.3) is 5.91 Å². The average Bonchev–Trinajstić information content (AvgIpc) is 3.06. The number of rotatable bonds is 6. The maximum atomic E-state index is 12.9. The lowest BCUT2D eigenvalue weighted by Crippen LogP contribution is -2.32. The van der Waals surface area contributed by atoms with E-state index in [1.807, 2.05) is 55.5 Å². The third kappa shape index (κ3) is 4.89. The zero-order valence-corrected chi connectivity index (χ0v) is 18.3. The Balaban J connectivity index is 1.84. The summed E-state index contributed by atoms with van der Waals surface area (Å²) >= 11 is 4.66. The molecular formula is C22H20BrN3O2S. The number of hydrogen-bond acceptors (Lipinski definition) is 4. The first-order chi connectivity index (χ1) is 14.0. The van der Waals surface area contributed by atoms with E-state index in [2.05, 4.69) is 21.2 Å². The van der Waals surface area contributed by atoms with Gasteiger partial charge in [-0.1, -0.05) is 64.9 Å². The number of anilines is 1. The Kier molecular flexibility index (Phi) is 7.13. The molecule has 0 saturated carbocycles. The molecule has 29 heavy (non-hydrogen) atoms. The molecule has 0 aromatic heterocycles. The van der Waals surface area contributed by atoms with Crippen molar-refractivity contribution in [1.29, 1.82) is 5.26 Å². The molecule has 148 valence electrons. The molecule has 0 spiro atoms. The minimum atomic E-state index is -0.461. The second-order valence-corrected chi connectivity index (χ2v) is 8.56. The molecule has 0 aliphatic carbocycles. The molecule has 2 aromatic carbocycles. The van der Waals surface area contributed by atoms with Gasteiger partial charge in [-0.3, -0.25) is 14.5 Å². The molecular weight excluding hydrogens is 450 g/mol. The van der Waals surface area contributed by atoms with Gasteiger partial charge in [-0.2, -0.15) is 5.26 Å². The highest BCUT2D eigenvalue weighted by Gasteiger charge is 2.39. The number of nitrogens with one attached hydrogen (secondary N) is 1. The van der Waals surface area contributed by atoms with Crippen LogP contribution in [0.15, 0.2) is 69.7 Å². The summed E-state index contributed by atoms with van der Waals surface area (Å²) in [7, 11) is 0. The molecule has 1 N–H and O–H groups in total. The van der Waals surface area contributed by atoms with Crippen molar-refractivity contribution in [2.24, 2.45) is 0 Å². The lowest BCUT2D eigenvalue weighted by molar-refractivity contribution is -0.117. The van der Waals surface area contributed by atoms with Crippen molar-refractivity contribution in [2.45, 2.75) is 25.0 Å². The molecule has 1 saturated heterocycles. The van der Waals surface area contributed by atoms with E-state index in [0.717, 1.165) is 10.0 Å². The van der Waals surface area contributed by atoms with Crippen molar-refractivity contribution in [1.82, 2.24) is 5.32 Å². The Morgan fingerprint density at radius 2 is 1.90 bits per heavy atom. The maximum Gasteiger partial charge on any atom is 0.264 e. The summed E-state index contributed by atoms with van der Waals surface area (Å²) in [6, 6.07) is 19.1. The fourth-order valence-corrected chi connectivity index (χ4v) is 4.46. The summed E-state index contributed by atoms with van der Waals surface area (Å²) in [5.74, 6) is -0.572. The van der Waals surface area contributed by atoms with E-state index in [-0.39, 0.29) is 16.7 Å². The number of carbonyl (C=O) groups is 2. The van der Waals surface area contributed by atoms with E-state index >= 15 is 0 Å². The van der Waals surface area contributed by atoms with Crippen molar-refractivity contribution in [3.05, 3.63) is 75.2 Å². The average molecular weight is 470 g/mol. The van der Waals surface area contributed by atoms with E-state index in [9.17, 15) is 14.9 Å². The van der Waals surface area contributed by atoms with Crippen LogP contribution in [0.2, 0.25) is 0 Å². The SMILES string of the molecule is CC[C@@H]1S/C(=C(/C#N)C(=O)NCCc2ccccc2)N(c2ccc(Br)cc2)C1=O. The molecule has 1 atom stereocenters. The van der Waals surface area contributed by atoms with Crippen LogP contribution < -0.4 is 10.2 Å². The summed E-state index contributed by atoms with van der Waals surface area (Å²) in [5.41, 5.74) is 1.71. The van der Waals surface area contributed by atoms with Gasteiger partial charge in [0.2, 0.25) is 5.91 Å². The molecule has 3 rings (SSSR count). The molecule has 5 nitrogen and oxygen atoms in total. The van der Waals surface area contributed by atoms with Crippen molar-refractivity contribution in [2.75, 3.05) is 11.4 Å². The highest BCUT2D eigenvalue weighted by molar-refractivity contribution is 9.10. The van der Waals surface area contributed by atoms with Crippen LogP contribution in [0.3, 0.4) is 0 Å². The van der Waals surface area contributed by atoms with Crippen molar-refractivity contribution in [3.63, 3.8) is 0 Å². The van der Waals surface area contributed by atoms with Gasteiger partial charge in [-0.25, -0.2) is 0 Å². The van der Waals surface area contributed by atoms with Gasteiger partial charge in [0.1, 0.15) is 16.7 Å². The third-order valence-corrected chi connectivity index (χ3v) is 6.46. The number of thioether (sulfide) groups is 1. The van der Waals surface area contributed by atoms with Gasteiger partial charge in [-0.15, -0.1) is 0 Å². The first kappa shape index (κ1) is 21.2. The summed E-state index contributed by atoms with van der Waals surface area (Å²) in [6.45, 7) is 2.33. The molecule has 1 heterocycles. The third-order valence-electron chi connectivity index (χ3n) is 4.50. The normalized spacial score (nSPS) is 17.8. The number of nitrogens with zero attached hydrogens (tertiary/aromatic N) is 2. The van der Waals surface area contributed by atoms with E-state index in [0.29, 0.717) is 30.1 Å². The van der Waals surface area contributed by atoms with E-state index in [4.69, 9.17) is 0 Å².